The van der Waals surface area contributed by atoms with E-state index in [9.17, 15) is 33.6 Å². The molecule has 0 aliphatic carbocycles. The van der Waals surface area contributed by atoms with E-state index in [4.69, 9.17) is 10.8 Å². The number of amides is 6. The normalized spacial score (nSPS) is 13.9. The van der Waals surface area contributed by atoms with E-state index in [0.717, 1.165) is 0 Å². The van der Waals surface area contributed by atoms with Gasteiger partial charge in [0.2, 0.25) is 35.9 Å². The van der Waals surface area contributed by atoms with Crippen LogP contribution in [0.3, 0.4) is 0 Å². The number of hydrogen-bond donors (Lipinski definition) is 7. The van der Waals surface area contributed by atoms with E-state index in [2.05, 4.69) is 26.6 Å². The lowest BCUT2D eigenvalue weighted by molar-refractivity contribution is -0.143. The minimum atomic E-state index is -1.55. The van der Waals surface area contributed by atoms with Crippen LogP contribution in [0.15, 0.2) is 0 Å². The van der Waals surface area contributed by atoms with E-state index in [1.165, 1.54) is 20.8 Å². The molecule has 0 saturated carbocycles. The third-order valence-corrected chi connectivity index (χ3v) is 4.37. The largest absolute Gasteiger partial charge is 0.480 e. The lowest BCUT2D eigenvalue weighted by atomic mass is 10.1. The number of carbonyl (C=O) groups is 7. The first-order valence-corrected chi connectivity index (χ1v) is 10.2. The maximum Gasteiger partial charge on any atom is 0.326 e. The first-order valence-electron chi connectivity index (χ1n) is 10.2. The van der Waals surface area contributed by atoms with Crippen molar-refractivity contribution in [3.8, 4) is 0 Å². The SMILES string of the molecule is CC(=O)N[C@@H](CCCCNC=O)C(=O)N[C@@H](C)C(=O)N[C@H](C)C(=O)N[C@@H](CC(N)=O)C(=O)O. The summed E-state index contributed by atoms with van der Waals surface area (Å²) in [6.07, 6.45) is 1.31. The molecule has 33 heavy (non-hydrogen) atoms. The molecule has 0 spiro atoms. The lowest BCUT2D eigenvalue weighted by Gasteiger charge is -2.22. The third kappa shape index (κ3) is 12.7. The zero-order valence-corrected chi connectivity index (χ0v) is 18.8. The Balaban J connectivity index is 4.83. The number of carboxylic acid groups (broad SMARTS) is 1. The van der Waals surface area contributed by atoms with Gasteiger partial charge in [-0.1, -0.05) is 0 Å². The van der Waals surface area contributed by atoms with Crippen LogP contribution in [0.2, 0.25) is 0 Å². The summed E-state index contributed by atoms with van der Waals surface area (Å²) >= 11 is 0. The number of unbranched alkanes of at least 4 members (excludes halogenated alkanes) is 1. The summed E-state index contributed by atoms with van der Waals surface area (Å²) < 4.78 is 0. The second-order valence-corrected chi connectivity index (χ2v) is 7.35. The van der Waals surface area contributed by atoms with Crippen LogP contribution in [0, 0.1) is 0 Å². The van der Waals surface area contributed by atoms with Crippen molar-refractivity contribution in [1.82, 2.24) is 26.6 Å². The summed E-state index contributed by atoms with van der Waals surface area (Å²) in [5, 5.41) is 20.9. The van der Waals surface area contributed by atoms with Crippen molar-refractivity contribution in [2.75, 3.05) is 6.54 Å². The molecule has 0 unspecified atom stereocenters. The van der Waals surface area contributed by atoms with Crippen LogP contribution in [0.4, 0.5) is 0 Å². The van der Waals surface area contributed by atoms with Crippen LogP contribution in [0.5, 0.6) is 0 Å². The van der Waals surface area contributed by atoms with Gasteiger partial charge in [-0.25, -0.2) is 4.79 Å². The highest BCUT2D eigenvalue weighted by Crippen LogP contribution is 2.02. The number of primary amides is 1. The molecule has 14 heteroatoms. The molecule has 0 bridgehead atoms. The van der Waals surface area contributed by atoms with Crippen LogP contribution >= 0.6 is 0 Å². The Morgan fingerprint density at radius 1 is 0.848 bits per heavy atom. The van der Waals surface area contributed by atoms with E-state index >= 15 is 0 Å². The minimum absolute atomic E-state index is 0.273. The summed E-state index contributed by atoms with van der Waals surface area (Å²) in [4.78, 5) is 80.6. The second kappa shape index (κ2) is 15.2. The smallest absolute Gasteiger partial charge is 0.326 e. The van der Waals surface area contributed by atoms with E-state index < -0.39 is 66.1 Å². The average molecular weight is 472 g/mol. The Labute approximate surface area is 190 Å². The molecular weight excluding hydrogens is 440 g/mol. The molecule has 0 aliphatic heterocycles. The van der Waals surface area contributed by atoms with Crippen LogP contribution < -0.4 is 32.3 Å². The monoisotopic (exact) mass is 472 g/mol. The molecule has 4 atom stereocenters. The van der Waals surface area contributed by atoms with Crippen LogP contribution in [-0.4, -0.2) is 77.7 Å². The first-order chi connectivity index (χ1) is 15.4. The summed E-state index contributed by atoms with van der Waals surface area (Å²) in [5.74, 6) is -5.04. The molecule has 0 aliphatic rings. The molecule has 14 nitrogen and oxygen atoms in total. The van der Waals surface area contributed by atoms with Gasteiger partial charge in [0.25, 0.3) is 0 Å². The van der Waals surface area contributed by atoms with Crippen molar-refractivity contribution >= 4 is 41.9 Å². The molecule has 0 aromatic carbocycles. The van der Waals surface area contributed by atoms with E-state index in [1.807, 2.05) is 0 Å². The maximum absolute atomic E-state index is 12.5. The second-order valence-electron chi connectivity index (χ2n) is 7.35. The van der Waals surface area contributed by atoms with Crippen molar-refractivity contribution in [1.29, 1.82) is 0 Å². The van der Waals surface area contributed by atoms with Gasteiger partial charge in [-0.3, -0.25) is 28.8 Å². The lowest BCUT2D eigenvalue weighted by Crippen LogP contribution is -2.56. The third-order valence-electron chi connectivity index (χ3n) is 4.37. The van der Waals surface area contributed by atoms with Crippen molar-refractivity contribution in [3.63, 3.8) is 0 Å². The van der Waals surface area contributed by atoms with E-state index in [-0.39, 0.29) is 6.42 Å². The maximum atomic E-state index is 12.5. The van der Waals surface area contributed by atoms with Crippen LogP contribution in [0.25, 0.3) is 0 Å². The van der Waals surface area contributed by atoms with Crippen molar-refractivity contribution < 1.29 is 38.7 Å². The summed E-state index contributed by atoms with van der Waals surface area (Å²) in [5.41, 5.74) is 4.95. The summed E-state index contributed by atoms with van der Waals surface area (Å²) in [6.45, 7) is 4.31. The molecule has 8 N–H and O–H groups in total. The van der Waals surface area contributed by atoms with E-state index in [0.29, 0.717) is 25.8 Å². The van der Waals surface area contributed by atoms with Gasteiger partial charge >= 0.3 is 5.97 Å². The quantitative estimate of drug-likeness (QED) is 0.0895. The van der Waals surface area contributed by atoms with Gasteiger partial charge < -0.3 is 37.4 Å². The zero-order valence-electron chi connectivity index (χ0n) is 18.8. The van der Waals surface area contributed by atoms with Gasteiger partial charge in [-0.2, -0.15) is 0 Å². The molecule has 0 heterocycles. The van der Waals surface area contributed by atoms with Gasteiger partial charge in [0.15, 0.2) is 0 Å². The zero-order chi connectivity index (χ0) is 25.6. The number of rotatable bonds is 16. The Morgan fingerprint density at radius 2 is 1.39 bits per heavy atom. The molecule has 0 radical (unpaired) electrons. The van der Waals surface area contributed by atoms with Gasteiger partial charge in [0.05, 0.1) is 6.42 Å². The number of carbonyl (C=O) groups excluding carboxylic acids is 6. The Morgan fingerprint density at radius 3 is 1.88 bits per heavy atom. The minimum Gasteiger partial charge on any atom is -0.480 e. The predicted octanol–water partition coefficient (Wildman–Crippen LogP) is -3.14. The highest BCUT2D eigenvalue weighted by atomic mass is 16.4. The Kier molecular flexibility index (Phi) is 13.4. The molecule has 0 aromatic heterocycles. The molecule has 0 fully saturated rings. The van der Waals surface area contributed by atoms with Gasteiger partial charge in [0.1, 0.15) is 24.2 Å². The fourth-order valence-corrected chi connectivity index (χ4v) is 2.63. The average Bonchev–Trinajstić information content (AvgIpc) is 2.71. The molecule has 0 saturated heterocycles. The van der Waals surface area contributed by atoms with Crippen LogP contribution in [0.1, 0.15) is 46.5 Å². The molecular formula is C19H32N6O8. The van der Waals surface area contributed by atoms with Gasteiger partial charge in [-0.05, 0) is 33.1 Å². The van der Waals surface area contributed by atoms with Crippen molar-refractivity contribution in [2.24, 2.45) is 5.73 Å². The number of carboxylic acids is 1. The van der Waals surface area contributed by atoms with Crippen LogP contribution in [-0.2, 0) is 33.6 Å². The van der Waals surface area contributed by atoms with Gasteiger partial charge in [0, 0.05) is 13.5 Å². The molecule has 186 valence electrons. The fraction of sp³-hybridized carbons (Fsp3) is 0.632. The molecule has 0 rings (SSSR count). The standard InChI is InChI=1S/C19H32N6O8/c1-10(23-18(31)13(24-12(3)27)6-4-5-7-21-9-26)16(29)22-11(2)17(30)25-14(19(32)33)8-15(20)28/h9-11,13-14H,4-8H2,1-3H3,(H2,20,28)(H,21,26)(H,22,29)(H,23,31)(H,24,27)(H,25,30)(H,32,33)/t10-,11+,13-,14-/m0/s1. The topological polar surface area (TPSA) is 226 Å². The van der Waals surface area contributed by atoms with Crippen molar-refractivity contribution in [3.05, 3.63) is 0 Å². The number of nitrogens with one attached hydrogen (secondary N) is 5. The number of nitrogens with two attached hydrogens (primary N) is 1. The molecule has 0 aromatic rings. The number of hydrogen-bond acceptors (Lipinski definition) is 7. The summed E-state index contributed by atoms with van der Waals surface area (Å²) in [6, 6.07) is -4.71. The predicted molar refractivity (Wildman–Crippen MR) is 114 cm³/mol. The van der Waals surface area contributed by atoms with E-state index in [1.54, 1.807) is 0 Å². The highest BCUT2D eigenvalue weighted by molar-refractivity contribution is 5.95. The summed E-state index contributed by atoms with van der Waals surface area (Å²) in [7, 11) is 0. The molecule has 6 amide bonds. The van der Waals surface area contributed by atoms with Crippen molar-refractivity contribution in [2.45, 2.75) is 70.6 Å². The van der Waals surface area contributed by atoms with Gasteiger partial charge in [-0.15, -0.1) is 0 Å². The fourth-order valence-electron chi connectivity index (χ4n) is 2.63. The Bertz CT molecular complexity index is 744. The highest BCUT2D eigenvalue weighted by Gasteiger charge is 2.28. The number of aliphatic carboxylic acids is 1. The Hall–Kier alpha value is -3.71. The first kappa shape index (κ1) is 29.3.